The lowest BCUT2D eigenvalue weighted by Crippen LogP contribution is -2.24. The van der Waals surface area contributed by atoms with Gasteiger partial charge in [-0.25, -0.2) is 9.97 Å². The molecule has 0 aliphatic rings. The molecule has 21 heavy (non-hydrogen) atoms. The van der Waals surface area contributed by atoms with Crippen molar-refractivity contribution in [3.8, 4) is 0 Å². The summed E-state index contributed by atoms with van der Waals surface area (Å²) in [5.74, 6) is 0.745. The largest absolute Gasteiger partial charge is 0.382 e. The highest BCUT2D eigenvalue weighted by Crippen LogP contribution is 2.30. The Morgan fingerprint density at radius 1 is 1.43 bits per heavy atom. The Morgan fingerprint density at radius 3 is 2.81 bits per heavy atom. The fourth-order valence-corrected chi connectivity index (χ4v) is 2.18. The third-order valence-electron chi connectivity index (χ3n) is 2.79. The number of carbonyl (C=O) groups excluding carboxylic acids is 1. The van der Waals surface area contributed by atoms with Crippen molar-refractivity contribution in [3.63, 3.8) is 0 Å². The minimum Gasteiger partial charge on any atom is -0.382 e. The van der Waals surface area contributed by atoms with Gasteiger partial charge in [-0.3, -0.25) is 14.7 Å². The van der Waals surface area contributed by atoms with Gasteiger partial charge in [0, 0.05) is 13.2 Å². The highest BCUT2D eigenvalue weighted by molar-refractivity contribution is 7.98. The molecule has 8 heteroatoms. The van der Waals surface area contributed by atoms with E-state index in [1.165, 1.54) is 16.7 Å². The number of aromatic nitrogens is 3. The molecule has 0 aliphatic carbocycles. The molecule has 7 nitrogen and oxygen atoms in total. The average Bonchev–Trinajstić information content (AvgIpc) is 2.52. The Bertz CT molecular complexity index is 622. The molecule has 0 spiro atoms. The first-order valence-electron chi connectivity index (χ1n) is 6.20. The second kappa shape index (κ2) is 6.89. The number of hydrogen-bond donors (Lipinski definition) is 2. The Hall–Kier alpha value is -2.35. The average molecular weight is 304 g/mol. The summed E-state index contributed by atoms with van der Waals surface area (Å²) in [4.78, 5) is 25.6. The minimum atomic E-state index is 0.305. The van der Waals surface area contributed by atoms with E-state index in [9.17, 15) is 4.79 Å². The van der Waals surface area contributed by atoms with E-state index in [0.717, 1.165) is 5.69 Å². The molecule has 3 N–H and O–H groups in total. The van der Waals surface area contributed by atoms with Gasteiger partial charge in [0.05, 0.1) is 12.2 Å². The summed E-state index contributed by atoms with van der Waals surface area (Å²) in [5, 5.41) is 3.44. The van der Waals surface area contributed by atoms with Crippen molar-refractivity contribution in [1.82, 2.24) is 15.0 Å². The summed E-state index contributed by atoms with van der Waals surface area (Å²) in [7, 11) is 1.71. The molecule has 0 aromatic carbocycles. The zero-order valence-corrected chi connectivity index (χ0v) is 12.6. The molecule has 2 aromatic heterocycles. The number of thioether (sulfide) groups is 1. The molecule has 0 saturated heterocycles. The Balaban J connectivity index is 2.41. The summed E-state index contributed by atoms with van der Waals surface area (Å²) in [5.41, 5.74) is 7.19. The number of pyridine rings is 1. The van der Waals surface area contributed by atoms with Gasteiger partial charge in [0.15, 0.2) is 16.8 Å². The van der Waals surface area contributed by atoms with E-state index in [2.05, 4.69) is 20.3 Å². The molecule has 2 aromatic rings. The fourth-order valence-electron chi connectivity index (χ4n) is 1.81. The Morgan fingerprint density at radius 2 is 2.24 bits per heavy atom. The van der Waals surface area contributed by atoms with Crippen molar-refractivity contribution in [2.24, 2.45) is 0 Å². The van der Waals surface area contributed by atoms with Gasteiger partial charge in [-0.15, -0.1) is 0 Å². The van der Waals surface area contributed by atoms with E-state index in [4.69, 9.17) is 5.73 Å². The van der Waals surface area contributed by atoms with Crippen LogP contribution in [0.25, 0.3) is 0 Å². The van der Waals surface area contributed by atoms with Gasteiger partial charge in [-0.05, 0) is 18.4 Å². The van der Waals surface area contributed by atoms with Crippen LogP contribution < -0.4 is 16.0 Å². The van der Waals surface area contributed by atoms with Crippen molar-refractivity contribution >= 4 is 35.5 Å². The molecular formula is C13H16N6OS. The van der Waals surface area contributed by atoms with Crippen molar-refractivity contribution in [2.45, 2.75) is 11.7 Å². The first kappa shape index (κ1) is 15.0. The van der Waals surface area contributed by atoms with Crippen LogP contribution in [0.15, 0.2) is 29.6 Å². The molecule has 0 radical (unpaired) electrons. The number of nitrogens with zero attached hydrogens (tertiary/aromatic N) is 4. The van der Waals surface area contributed by atoms with E-state index >= 15 is 0 Å². The number of rotatable bonds is 6. The normalized spacial score (nSPS) is 10.2. The lowest BCUT2D eigenvalue weighted by atomic mass is 10.3. The van der Waals surface area contributed by atoms with E-state index in [1.54, 1.807) is 13.2 Å². The number of carbonyl (C=O) groups is 1. The number of amides is 1. The Labute approximate surface area is 127 Å². The van der Waals surface area contributed by atoms with E-state index in [-0.39, 0.29) is 0 Å². The summed E-state index contributed by atoms with van der Waals surface area (Å²) in [6, 6.07) is 5.53. The first-order chi connectivity index (χ1) is 10.2. The van der Waals surface area contributed by atoms with Crippen molar-refractivity contribution in [3.05, 3.63) is 30.1 Å². The monoisotopic (exact) mass is 304 g/mol. The number of nitrogens with two attached hydrogens (primary N) is 1. The second-order valence-electron chi connectivity index (χ2n) is 4.10. The molecule has 0 unspecified atom stereocenters. The predicted octanol–water partition coefficient (Wildman–Crippen LogP) is 1.38. The standard InChI is InChI=1S/C13H16N6OS/c1-15-10-11(14)17-13(21-2)18-12(10)19(8-20)7-9-5-3-4-6-16-9/h3-6,8,15H,7H2,1-2H3,(H2,14,17,18). The van der Waals surface area contributed by atoms with Gasteiger partial charge in [0.25, 0.3) is 0 Å². The van der Waals surface area contributed by atoms with Gasteiger partial charge < -0.3 is 11.1 Å². The van der Waals surface area contributed by atoms with Gasteiger partial charge in [-0.2, -0.15) is 0 Å². The van der Waals surface area contributed by atoms with Crippen LogP contribution >= 0.6 is 11.8 Å². The zero-order chi connectivity index (χ0) is 15.2. The molecule has 110 valence electrons. The molecule has 0 atom stereocenters. The van der Waals surface area contributed by atoms with Crippen LogP contribution in [0.1, 0.15) is 5.69 Å². The smallest absolute Gasteiger partial charge is 0.215 e. The quantitative estimate of drug-likeness (QED) is 0.472. The lowest BCUT2D eigenvalue weighted by molar-refractivity contribution is -0.107. The van der Waals surface area contributed by atoms with Crippen LogP contribution in [0, 0.1) is 0 Å². The molecule has 2 heterocycles. The maximum atomic E-state index is 11.5. The molecule has 0 saturated carbocycles. The van der Waals surface area contributed by atoms with E-state index in [0.29, 0.717) is 35.4 Å². The van der Waals surface area contributed by atoms with Crippen LogP contribution in [0.2, 0.25) is 0 Å². The molecular weight excluding hydrogens is 288 g/mol. The van der Waals surface area contributed by atoms with E-state index < -0.39 is 0 Å². The molecule has 2 rings (SSSR count). The summed E-state index contributed by atoms with van der Waals surface area (Å²) in [6.07, 6.45) is 4.24. The predicted molar refractivity (Wildman–Crippen MR) is 84.3 cm³/mol. The summed E-state index contributed by atoms with van der Waals surface area (Å²) < 4.78 is 0. The topological polar surface area (TPSA) is 97.0 Å². The highest BCUT2D eigenvalue weighted by atomic mass is 32.2. The number of nitrogens with one attached hydrogen (secondary N) is 1. The van der Waals surface area contributed by atoms with Crippen molar-refractivity contribution in [1.29, 1.82) is 0 Å². The van der Waals surface area contributed by atoms with Crippen LogP contribution in [-0.4, -0.2) is 34.7 Å². The SMILES string of the molecule is CNc1c(N)nc(SC)nc1N(C=O)Cc1ccccn1. The first-order valence-corrected chi connectivity index (χ1v) is 7.43. The molecule has 0 bridgehead atoms. The maximum absolute atomic E-state index is 11.5. The van der Waals surface area contributed by atoms with Crippen LogP contribution in [0.5, 0.6) is 0 Å². The van der Waals surface area contributed by atoms with E-state index in [1.807, 2.05) is 24.5 Å². The van der Waals surface area contributed by atoms with Gasteiger partial charge in [0.2, 0.25) is 6.41 Å². The molecule has 0 fully saturated rings. The van der Waals surface area contributed by atoms with Crippen LogP contribution in [0.4, 0.5) is 17.3 Å². The van der Waals surface area contributed by atoms with Crippen LogP contribution in [0.3, 0.4) is 0 Å². The minimum absolute atomic E-state index is 0.305. The fraction of sp³-hybridized carbons (Fsp3) is 0.231. The Kier molecular flexibility index (Phi) is 4.94. The zero-order valence-electron chi connectivity index (χ0n) is 11.8. The van der Waals surface area contributed by atoms with Gasteiger partial charge in [0.1, 0.15) is 5.69 Å². The number of hydrogen-bond acceptors (Lipinski definition) is 7. The lowest BCUT2D eigenvalue weighted by Gasteiger charge is -2.20. The van der Waals surface area contributed by atoms with Gasteiger partial charge >= 0.3 is 0 Å². The highest BCUT2D eigenvalue weighted by Gasteiger charge is 2.17. The second-order valence-corrected chi connectivity index (χ2v) is 4.87. The molecule has 1 amide bonds. The van der Waals surface area contributed by atoms with Gasteiger partial charge in [-0.1, -0.05) is 17.8 Å². The summed E-state index contributed by atoms with van der Waals surface area (Å²) >= 11 is 1.36. The van der Waals surface area contributed by atoms with Crippen molar-refractivity contribution < 1.29 is 4.79 Å². The third-order valence-corrected chi connectivity index (χ3v) is 3.34. The maximum Gasteiger partial charge on any atom is 0.215 e. The van der Waals surface area contributed by atoms with Crippen molar-refractivity contribution in [2.75, 3.05) is 29.3 Å². The van der Waals surface area contributed by atoms with Crippen LogP contribution in [-0.2, 0) is 11.3 Å². The summed E-state index contributed by atoms with van der Waals surface area (Å²) in [6.45, 7) is 0.309. The number of anilines is 3. The third kappa shape index (κ3) is 3.40. The number of nitrogen functional groups attached to an aromatic ring is 1. The molecule has 0 aliphatic heterocycles.